The average molecular weight is 792 g/mol. The third kappa shape index (κ3) is 6.00. The third-order valence-corrected chi connectivity index (χ3v) is 10.9. The Bertz CT molecular complexity index is 2560. The second-order valence-corrected chi connectivity index (χ2v) is 14.2. The van der Waals surface area contributed by atoms with Crippen LogP contribution in [0.5, 0.6) is 11.5 Å². The van der Waals surface area contributed by atoms with Crippen LogP contribution in [0.1, 0.15) is 38.9 Å². The van der Waals surface area contributed by atoms with Gasteiger partial charge in [-0.15, -0.1) is 0 Å². The molecule has 0 radical (unpaired) electrons. The van der Waals surface area contributed by atoms with Crippen molar-refractivity contribution in [2.75, 3.05) is 4.90 Å². The van der Waals surface area contributed by atoms with Crippen molar-refractivity contribution in [2.45, 2.75) is 23.9 Å². The monoisotopic (exact) mass is 791 g/mol. The molecule has 12 heteroatoms. The molecule has 2 heterocycles. The highest BCUT2D eigenvalue weighted by Gasteiger charge is 2.47. The van der Waals surface area contributed by atoms with Gasteiger partial charge in [0.05, 0.1) is 22.1 Å². The number of hydrogen-bond donors (Lipinski definition) is 0. The van der Waals surface area contributed by atoms with Crippen LogP contribution in [0.2, 0.25) is 0 Å². The molecule has 2 aliphatic heterocycles. The van der Waals surface area contributed by atoms with Crippen molar-refractivity contribution in [3.05, 3.63) is 203 Å². The maximum Gasteiger partial charge on any atom is 0.416 e. The minimum Gasteiger partial charge on any atom is -0.458 e. The van der Waals surface area contributed by atoms with E-state index in [0.29, 0.717) is 11.3 Å². The Morgan fingerprint density at radius 2 is 0.845 bits per heavy atom. The molecule has 0 bridgehead atoms. The van der Waals surface area contributed by atoms with Gasteiger partial charge in [-0.1, -0.05) is 103 Å². The van der Waals surface area contributed by atoms with E-state index < -0.39 is 47.3 Å². The number of fused-ring (bicyclic) bond motifs is 4. The summed E-state index contributed by atoms with van der Waals surface area (Å²) >= 11 is 0. The molecule has 9 rings (SSSR count). The van der Waals surface area contributed by atoms with Crippen LogP contribution >= 0.6 is 0 Å². The minimum atomic E-state index is -4.83. The molecular formula is C46H27BF9NO. The Hall–Kier alpha value is -6.43. The molecule has 0 unspecified atom stereocenters. The van der Waals surface area contributed by atoms with Crippen LogP contribution in [0.4, 0.5) is 56.6 Å². The Morgan fingerprint density at radius 1 is 0.379 bits per heavy atom. The van der Waals surface area contributed by atoms with Crippen LogP contribution in [-0.2, 0) is 23.9 Å². The Kier molecular flexibility index (Phi) is 8.54. The van der Waals surface area contributed by atoms with E-state index in [-0.39, 0.29) is 39.3 Å². The summed E-state index contributed by atoms with van der Waals surface area (Å²) in [5.41, 5.74) is -0.139. The largest absolute Gasteiger partial charge is 0.458 e. The number of nitrogens with zero attached hydrogens (tertiary/aromatic N) is 1. The van der Waals surface area contributed by atoms with Gasteiger partial charge in [0.15, 0.2) is 0 Å². The van der Waals surface area contributed by atoms with E-state index in [1.165, 1.54) is 24.3 Å². The van der Waals surface area contributed by atoms with E-state index in [0.717, 1.165) is 53.1 Å². The third-order valence-electron chi connectivity index (χ3n) is 10.9. The van der Waals surface area contributed by atoms with E-state index >= 15 is 0 Å². The standard InChI is InChI=1S/C46H27BF9NO/c48-44(49,50)31-16-20-35(21-17-31)57-38-22-18-32(45(51,52)53)24-36(38)47-37-25-33(46(54,55)56)19-23-40(37)58-41-27-34(26-39(57)42(41)47)43(28-10-4-1-5-11-28,29-12-6-2-7-13-29)30-14-8-3-9-15-30/h1-27H. The maximum atomic E-state index is 14.4. The SMILES string of the molecule is FC(F)(F)c1ccc(N2c3ccc(C(F)(F)F)cc3B3c4cc(C(F)(F)F)ccc4Oc4cc(C(c5ccccc5)(c5ccccc5)c5ccccc5)cc2c43)cc1. The fraction of sp³-hybridized carbons (Fsp3) is 0.0870. The first-order chi connectivity index (χ1) is 27.7. The van der Waals surface area contributed by atoms with Crippen LogP contribution < -0.4 is 26.0 Å². The highest BCUT2D eigenvalue weighted by molar-refractivity contribution is 6.99. The fourth-order valence-corrected chi connectivity index (χ4v) is 8.47. The van der Waals surface area contributed by atoms with E-state index in [4.69, 9.17) is 4.74 Å². The van der Waals surface area contributed by atoms with Gasteiger partial charge < -0.3 is 9.64 Å². The summed E-state index contributed by atoms with van der Waals surface area (Å²) in [4.78, 5) is 1.56. The minimum absolute atomic E-state index is 0.000499. The van der Waals surface area contributed by atoms with Gasteiger partial charge in [-0.05, 0) is 99.3 Å². The predicted octanol–water partition coefficient (Wildman–Crippen LogP) is 11.5. The van der Waals surface area contributed by atoms with Crippen molar-refractivity contribution in [3.63, 3.8) is 0 Å². The number of halogens is 9. The molecule has 0 N–H and O–H groups in total. The van der Waals surface area contributed by atoms with Crippen molar-refractivity contribution in [1.29, 1.82) is 0 Å². The highest BCUT2D eigenvalue weighted by Crippen LogP contribution is 2.50. The second-order valence-electron chi connectivity index (χ2n) is 14.2. The van der Waals surface area contributed by atoms with Crippen LogP contribution in [0.3, 0.4) is 0 Å². The molecule has 58 heavy (non-hydrogen) atoms. The molecule has 0 amide bonds. The lowest BCUT2D eigenvalue weighted by atomic mass is 9.34. The van der Waals surface area contributed by atoms with Crippen molar-refractivity contribution >= 4 is 40.2 Å². The zero-order valence-electron chi connectivity index (χ0n) is 29.9. The van der Waals surface area contributed by atoms with Crippen molar-refractivity contribution < 1.29 is 44.3 Å². The highest BCUT2D eigenvalue weighted by atomic mass is 19.4. The molecule has 0 spiro atoms. The Balaban J connectivity index is 1.42. The lowest BCUT2D eigenvalue weighted by Gasteiger charge is -2.43. The molecule has 288 valence electrons. The van der Waals surface area contributed by atoms with E-state index in [2.05, 4.69) is 0 Å². The number of ether oxygens (including phenoxy) is 1. The molecule has 0 aromatic heterocycles. The molecule has 7 aromatic carbocycles. The van der Waals surface area contributed by atoms with Crippen LogP contribution in [0.15, 0.2) is 164 Å². The van der Waals surface area contributed by atoms with E-state index in [1.807, 2.05) is 97.1 Å². The summed E-state index contributed by atoms with van der Waals surface area (Å²) in [5, 5.41) is 0. The van der Waals surface area contributed by atoms with E-state index in [1.54, 1.807) is 11.0 Å². The smallest absolute Gasteiger partial charge is 0.416 e. The van der Waals surface area contributed by atoms with Crippen molar-refractivity contribution in [2.24, 2.45) is 0 Å². The molecule has 2 aliphatic rings. The quantitative estimate of drug-likeness (QED) is 0.0978. The summed E-state index contributed by atoms with van der Waals surface area (Å²) in [6.07, 6.45) is -14.3. The molecule has 0 saturated carbocycles. The first kappa shape index (κ1) is 37.2. The van der Waals surface area contributed by atoms with Crippen LogP contribution in [0, 0.1) is 0 Å². The fourth-order valence-electron chi connectivity index (χ4n) is 8.47. The van der Waals surface area contributed by atoms with Gasteiger partial charge in [0, 0.05) is 17.1 Å². The Labute approximate surface area is 326 Å². The molecule has 0 fully saturated rings. The zero-order chi connectivity index (χ0) is 40.6. The normalized spacial score (nSPS) is 13.7. The zero-order valence-corrected chi connectivity index (χ0v) is 29.9. The van der Waals surface area contributed by atoms with Gasteiger partial charge in [0.25, 0.3) is 6.71 Å². The molecule has 0 aliphatic carbocycles. The van der Waals surface area contributed by atoms with Crippen molar-refractivity contribution in [3.8, 4) is 11.5 Å². The summed E-state index contributed by atoms with van der Waals surface area (Å²) in [7, 11) is 0. The maximum absolute atomic E-state index is 14.4. The average Bonchev–Trinajstić information content (AvgIpc) is 3.21. The first-order valence-electron chi connectivity index (χ1n) is 18.1. The molecule has 2 nitrogen and oxygen atoms in total. The molecule has 0 saturated heterocycles. The lowest BCUT2D eigenvalue weighted by Crippen LogP contribution is -2.60. The molecule has 0 atom stereocenters. The predicted molar refractivity (Wildman–Crippen MR) is 206 cm³/mol. The summed E-state index contributed by atoms with van der Waals surface area (Å²) in [6, 6.07) is 42.4. The van der Waals surface area contributed by atoms with Gasteiger partial charge >= 0.3 is 18.5 Å². The van der Waals surface area contributed by atoms with Gasteiger partial charge in [-0.2, -0.15) is 39.5 Å². The van der Waals surface area contributed by atoms with Crippen LogP contribution in [-0.4, -0.2) is 6.71 Å². The number of benzene rings is 7. The first-order valence-corrected chi connectivity index (χ1v) is 18.1. The Morgan fingerprint density at radius 3 is 1.34 bits per heavy atom. The summed E-state index contributed by atoms with van der Waals surface area (Å²) < 4.78 is 134. The lowest BCUT2D eigenvalue weighted by molar-refractivity contribution is -0.138. The number of alkyl halides is 9. The van der Waals surface area contributed by atoms with Gasteiger partial charge in [0.1, 0.15) is 11.5 Å². The summed E-state index contributed by atoms with van der Waals surface area (Å²) in [5.74, 6) is 0.182. The van der Waals surface area contributed by atoms with Crippen LogP contribution in [0.25, 0.3) is 0 Å². The van der Waals surface area contributed by atoms with Crippen molar-refractivity contribution in [1.82, 2.24) is 0 Å². The summed E-state index contributed by atoms with van der Waals surface area (Å²) in [6.45, 7) is -1.20. The number of anilines is 3. The van der Waals surface area contributed by atoms with Gasteiger partial charge in [-0.3, -0.25) is 0 Å². The number of rotatable bonds is 5. The second kappa shape index (κ2) is 13.3. The van der Waals surface area contributed by atoms with Gasteiger partial charge in [-0.25, -0.2) is 0 Å². The topological polar surface area (TPSA) is 12.5 Å². The number of hydrogen-bond acceptors (Lipinski definition) is 2. The van der Waals surface area contributed by atoms with Gasteiger partial charge in [0.2, 0.25) is 0 Å². The molecule has 7 aromatic rings. The molecular weight excluding hydrogens is 764 g/mol. The van der Waals surface area contributed by atoms with E-state index in [9.17, 15) is 39.5 Å².